The molecular formula is H8Ni2O4Si. The Kier molecular flexibility index (Phi) is 12400. The van der Waals surface area contributed by atoms with E-state index in [2.05, 4.69) is 0 Å². The van der Waals surface area contributed by atoms with Crippen molar-refractivity contribution < 1.29 is 54.9 Å². The van der Waals surface area contributed by atoms with Gasteiger partial charge in [-0.1, -0.05) is 0 Å². The van der Waals surface area contributed by atoms with E-state index in [-0.39, 0.29) is 65.9 Å². The first-order chi connectivity index (χ1) is 0. The van der Waals surface area contributed by atoms with Crippen molar-refractivity contribution in [2.75, 3.05) is 0 Å². The minimum absolute atomic E-state index is 0. The Labute approximate surface area is 66.2 Å². The predicted molar refractivity (Wildman–Crippen MR) is 20.2 cm³/mol. The molecule has 0 fully saturated rings. The second-order valence-corrected chi connectivity index (χ2v) is 0. The molecule has 0 aliphatic carbocycles. The predicted octanol–water partition coefficient (Wildman–Crippen LogP) is -3.68. The van der Waals surface area contributed by atoms with Crippen LogP contribution in [0.1, 0.15) is 0 Å². The minimum atomic E-state index is 0. The van der Waals surface area contributed by atoms with Crippen LogP contribution in [-0.2, 0) is 33.0 Å². The molecular weight excluding hydrogens is 209 g/mol. The number of hydrogen-bond acceptors (Lipinski definition) is 0. The van der Waals surface area contributed by atoms with Crippen molar-refractivity contribution in [1.82, 2.24) is 0 Å². The summed E-state index contributed by atoms with van der Waals surface area (Å²) < 4.78 is 0. The van der Waals surface area contributed by atoms with Gasteiger partial charge in [-0.05, 0) is 0 Å². The van der Waals surface area contributed by atoms with Crippen molar-refractivity contribution in [3.8, 4) is 0 Å². The van der Waals surface area contributed by atoms with Crippen LogP contribution in [0, 0.1) is 0 Å². The Hall–Kier alpha value is 1.04. The van der Waals surface area contributed by atoms with E-state index >= 15 is 0 Å². The topological polar surface area (TPSA) is 126 Å². The van der Waals surface area contributed by atoms with E-state index < -0.39 is 0 Å². The standard InChI is InChI=1S/2Ni.4H2O.Si/h;;4*1H2;. The first-order valence-electron chi connectivity index (χ1n) is 0. The van der Waals surface area contributed by atoms with E-state index in [0.717, 1.165) is 0 Å². The molecule has 0 atom stereocenters. The summed E-state index contributed by atoms with van der Waals surface area (Å²) in [6.07, 6.45) is 0. The SMILES string of the molecule is O.O.O.O.[Ni].[Ni].[Si]. The zero-order valence-corrected chi connectivity index (χ0v) is 6.11. The zero-order chi connectivity index (χ0) is 0. The Morgan fingerprint density at radius 1 is 0.429 bits per heavy atom. The summed E-state index contributed by atoms with van der Waals surface area (Å²) in [4.78, 5) is 0. The molecule has 0 aliphatic heterocycles. The molecule has 7 heteroatoms. The normalized spacial score (nSPS) is 0. The van der Waals surface area contributed by atoms with Crippen LogP contribution in [0.15, 0.2) is 0 Å². The van der Waals surface area contributed by atoms with Gasteiger partial charge < -0.3 is 21.9 Å². The molecule has 56 valence electrons. The number of rotatable bonds is 0. The van der Waals surface area contributed by atoms with Gasteiger partial charge in [0.25, 0.3) is 0 Å². The van der Waals surface area contributed by atoms with E-state index in [1.807, 2.05) is 0 Å². The van der Waals surface area contributed by atoms with Crippen LogP contribution in [-0.4, -0.2) is 32.9 Å². The monoisotopic (exact) mass is 216 g/mol. The molecule has 0 aromatic heterocycles. The number of hydrogen-bond donors (Lipinski definition) is 0. The van der Waals surface area contributed by atoms with Gasteiger partial charge in [0.1, 0.15) is 0 Å². The van der Waals surface area contributed by atoms with E-state index in [4.69, 9.17) is 0 Å². The van der Waals surface area contributed by atoms with E-state index in [0.29, 0.717) is 0 Å². The molecule has 0 bridgehead atoms. The average molecular weight is 218 g/mol. The van der Waals surface area contributed by atoms with Gasteiger partial charge in [-0.2, -0.15) is 0 Å². The molecule has 0 heterocycles. The first-order valence-corrected chi connectivity index (χ1v) is 0. The second kappa shape index (κ2) is 236. The van der Waals surface area contributed by atoms with Crippen LogP contribution in [0.2, 0.25) is 0 Å². The summed E-state index contributed by atoms with van der Waals surface area (Å²) in [5, 5.41) is 0. The van der Waals surface area contributed by atoms with Crippen LogP contribution >= 0.6 is 0 Å². The third-order valence-electron chi connectivity index (χ3n) is 0. The van der Waals surface area contributed by atoms with Gasteiger partial charge in [0.05, 0.1) is 0 Å². The van der Waals surface area contributed by atoms with Crippen LogP contribution < -0.4 is 0 Å². The summed E-state index contributed by atoms with van der Waals surface area (Å²) in [6.45, 7) is 0. The Morgan fingerprint density at radius 2 is 0.429 bits per heavy atom. The fourth-order valence-electron chi connectivity index (χ4n) is 0. The Balaban J connectivity index is 0. The van der Waals surface area contributed by atoms with E-state index in [9.17, 15) is 0 Å². The molecule has 0 saturated carbocycles. The van der Waals surface area contributed by atoms with Gasteiger partial charge in [-0.15, -0.1) is 0 Å². The van der Waals surface area contributed by atoms with Crippen LogP contribution in [0.25, 0.3) is 0 Å². The molecule has 0 aromatic rings. The maximum absolute atomic E-state index is 0. The van der Waals surface area contributed by atoms with Gasteiger partial charge >= 0.3 is 0 Å². The third-order valence-corrected chi connectivity index (χ3v) is 0. The molecule has 0 aliphatic rings. The molecule has 4 nitrogen and oxygen atoms in total. The largest absolute Gasteiger partial charge is 0.412 e. The fraction of sp³-hybridized carbons (Fsp3) is 0. The second-order valence-electron chi connectivity index (χ2n) is 0. The van der Waals surface area contributed by atoms with Gasteiger partial charge in [-0.25, -0.2) is 0 Å². The summed E-state index contributed by atoms with van der Waals surface area (Å²) in [5.74, 6) is 0. The molecule has 0 unspecified atom stereocenters. The van der Waals surface area contributed by atoms with Crippen molar-refractivity contribution in [2.45, 2.75) is 0 Å². The zero-order valence-electron chi connectivity index (χ0n) is 3.13. The molecule has 4 radical (unpaired) electrons. The molecule has 8 N–H and O–H groups in total. The van der Waals surface area contributed by atoms with Crippen molar-refractivity contribution in [1.29, 1.82) is 0 Å². The summed E-state index contributed by atoms with van der Waals surface area (Å²) in [7, 11) is 0. The average Bonchev–Trinajstić information content (AvgIpc) is 0. The summed E-state index contributed by atoms with van der Waals surface area (Å²) in [5.41, 5.74) is 0. The molecule has 7 heavy (non-hydrogen) atoms. The van der Waals surface area contributed by atoms with Crippen LogP contribution in [0.3, 0.4) is 0 Å². The maximum Gasteiger partial charge on any atom is 0 e. The van der Waals surface area contributed by atoms with Crippen molar-refractivity contribution in [2.24, 2.45) is 0 Å². The Morgan fingerprint density at radius 3 is 0.429 bits per heavy atom. The Bertz CT molecular complexity index is 9.65. The minimum Gasteiger partial charge on any atom is -0.412 e. The van der Waals surface area contributed by atoms with E-state index in [1.54, 1.807) is 0 Å². The third kappa shape index (κ3) is 164. The van der Waals surface area contributed by atoms with Crippen LogP contribution in [0.5, 0.6) is 0 Å². The molecule has 0 saturated heterocycles. The molecule has 0 rings (SSSR count). The maximum atomic E-state index is 0. The first kappa shape index (κ1) is 366. The smallest absolute Gasteiger partial charge is 0 e. The summed E-state index contributed by atoms with van der Waals surface area (Å²) >= 11 is 0. The van der Waals surface area contributed by atoms with Gasteiger partial charge in [0.15, 0.2) is 0 Å². The van der Waals surface area contributed by atoms with Crippen molar-refractivity contribution in [3.05, 3.63) is 0 Å². The van der Waals surface area contributed by atoms with Crippen molar-refractivity contribution in [3.63, 3.8) is 0 Å². The van der Waals surface area contributed by atoms with Crippen LogP contribution in [0.4, 0.5) is 0 Å². The molecule has 0 amide bonds. The van der Waals surface area contributed by atoms with E-state index in [1.165, 1.54) is 0 Å². The summed E-state index contributed by atoms with van der Waals surface area (Å²) in [6, 6.07) is 0. The quantitative estimate of drug-likeness (QED) is 0.371. The molecule has 0 spiro atoms. The molecule has 0 aromatic carbocycles. The van der Waals surface area contributed by atoms with Crippen molar-refractivity contribution >= 4 is 11.0 Å². The van der Waals surface area contributed by atoms with Gasteiger partial charge in [-0.3, -0.25) is 0 Å². The van der Waals surface area contributed by atoms with Gasteiger partial charge in [0.2, 0.25) is 0 Å². The fourth-order valence-corrected chi connectivity index (χ4v) is 0. The van der Waals surface area contributed by atoms with Gasteiger partial charge in [0, 0.05) is 43.9 Å².